The molecule has 0 saturated heterocycles. The summed E-state index contributed by atoms with van der Waals surface area (Å²) in [4.78, 5) is 15.4. The average molecular weight is 543 g/mol. The molecule has 0 aliphatic carbocycles. The van der Waals surface area contributed by atoms with Crippen molar-refractivity contribution >= 4 is 26.8 Å². The molecule has 3 aromatic rings. The van der Waals surface area contributed by atoms with Crippen LogP contribution in [-0.4, -0.2) is 63.2 Å². The quantitative estimate of drug-likeness (QED) is 0.147. The highest BCUT2D eigenvalue weighted by molar-refractivity contribution is 7.89. The maximum absolute atomic E-state index is 13.2. The highest BCUT2D eigenvalue weighted by Gasteiger charge is 2.31. The van der Waals surface area contributed by atoms with Crippen molar-refractivity contribution in [2.75, 3.05) is 39.8 Å². The van der Waals surface area contributed by atoms with Crippen LogP contribution in [0.4, 0.5) is 0 Å². The number of hydrogen-bond donors (Lipinski definition) is 0. The number of benzene rings is 2. The first-order chi connectivity index (χ1) is 18.3. The summed E-state index contributed by atoms with van der Waals surface area (Å²) in [6, 6.07) is 14.3. The summed E-state index contributed by atoms with van der Waals surface area (Å²) in [5, 5.41) is -0.0897. The van der Waals surface area contributed by atoms with Gasteiger partial charge in [0, 0.05) is 30.1 Å². The molecule has 2 aromatic carbocycles. The number of likely N-dealkylation sites (N-methyl/N-ethyl adjacent to an activating group) is 1. The third kappa shape index (κ3) is 7.91. The maximum Gasteiger partial charge on any atom is 0.221 e. The van der Waals surface area contributed by atoms with E-state index in [-0.39, 0.29) is 12.3 Å². The first-order valence-corrected chi connectivity index (χ1v) is 15.2. The molecular formula is C30H42N2O5S. The number of carbonyl (C=O) groups is 1. The zero-order chi connectivity index (χ0) is 27.5. The van der Waals surface area contributed by atoms with E-state index in [0.717, 1.165) is 35.7 Å². The molecule has 3 rings (SSSR count). The molecule has 1 heterocycles. The highest BCUT2D eigenvalue weighted by Crippen LogP contribution is 2.32. The minimum absolute atomic E-state index is 0.242. The zero-order valence-corrected chi connectivity index (χ0v) is 24.0. The van der Waals surface area contributed by atoms with Crippen LogP contribution < -0.4 is 4.74 Å². The molecule has 0 fully saturated rings. The number of carbonyl (C=O) groups excluding carboxylic acids is 1. The van der Waals surface area contributed by atoms with Crippen molar-refractivity contribution in [3.8, 4) is 5.75 Å². The molecule has 0 aliphatic heterocycles. The number of ketones is 1. The summed E-state index contributed by atoms with van der Waals surface area (Å²) in [5.41, 5.74) is 1.67. The molecule has 1 unspecified atom stereocenters. The lowest BCUT2D eigenvalue weighted by molar-refractivity contribution is 0.0972. The van der Waals surface area contributed by atoms with Gasteiger partial charge in [0.15, 0.2) is 5.78 Å². The highest BCUT2D eigenvalue weighted by atomic mass is 32.2. The summed E-state index contributed by atoms with van der Waals surface area (Å²) in [6.07, 6.45) is 7.26. The van der Waals surface area contributed by atoms with Gasteiger partial charge in [-0.25, -0.2) is 8.42 Å². The Hall–Kier alpha value is -2.68. The SMILES string of the molecule is CCCCN(CCCC)CCCOc1ccc(C(=O)CN(C)S(=O)(=O)C(C)c2coc3ccccc23)cc1. The summed E-state index contributed by atoms with van der Waals surface area (Å²) >= 11 is 0. The predicted molar refractivity (Wildman–Crippen MR) is 153 cm³/mol. The third-order valence-corrected chi connectivity index (χ3v) is 9.06. The number of para-hydroxylation sites is 1. The molecule has 0 N–H and O–H groups in total. The zero-order valence-electron chi connectivity index (χ0n) is 23.2. The Morgan fingerprint density at radius 2 is 1.58 bits per heavy atom. The largest absolute Gasteiger partial charge is 0.494 e. The minimum Gasteiger partial charge on any atom is -0.494 e. The molecule has 1 aromatic heterocycles. The normalized spacial score (nSPS) is 12.9. The van der Waals surface area contributed by atoms with Gasteiger partial charge in [-0.1, -0.05) is 44.9 Å². The van der Waals surface area contributed by atoms with E-state index in [1.165, 1.54) is 39.0 Å². The van der Waals surface area contributed by atoms with Gasteiger partial charge in [-0.3, -0.25) is 4.79 Å². The van der Waals surface area contributed by atoms with Crippen LogP contribution >= 0.6 is 0 Å². The first-order valence-electron chi connectivity index (χ1n) is 13.7. The molecule has 0 amide bonds. The van der Waals surface area contributed by atoms with Crippen molar-refractivity contribution in [1.29, 1.82) is 0 Å². The Labute approximate surface area is 227 Å². The van der Waals surface area contributed by atoms with Crippen molar-refractivity contribution in [2.45, 2.75) is 58.1 Å². The number of nitrogens with zero attached hydrogens (tertiary/aromatic N) is 2. The number of unbranched alkanes of at least 4 members (excludes halogenated alkanes) is 2. The topological polar surface area (TPSA) is 80.1 Å². The van der Waals surface area contributed by atoms with Crippen LogP contribution in [0.5, 0.6) is 5.75 Å². The third-order valence-electron chi connectivity index (χ3n) is 6.92. The van der Waals surface area contributed by atoms with E-state index >= 15 is 0 Å². The molecular weight excluding hydrogens is 500 g/mol. The molecule has 0 radical (unpaired) electrons. The molecule has 8 heteroatoms. The molecule has 208 valence electrons. The fraction of sp³-hybridized carbons (Fsp3) is 0.500. The van der Waals surface area contributed by atoms with E-state index in [2.05, 4.69) is 18.7 Å². The Morgan fingerprint density at radius 3 is 2.24 bits per heavy atom. The van der Waals surface area contributed by atoms with Crippen LogP contribution in [0.15, 0.2) is 59.2 Å². The van der Waals surface area contributed by atoms with E-state index < -0.39 is 15.3 Å². The van der Waals surface area contributed by atoms with Gasteiger partial charge < -0.3 is 14.1 Å². The number of rotatable bonds is 17. The number of fused-ring (bicyclic) bond motifs is 1. The summed E-state index contributed by atoms with van der Waals surface area (Å²) < 4.78 is 39.0. The molecule has 7 nitrogen and oxygen atoms in total. The van der Waals surface area contributed by atoms with Crippen molar-refractivity contribution in [2.24, 2.45) is 0 Å². The van der Waals surface area contributed by atoms with Gasteiger partial charge in [-0.05, 0) is 69.6 Å². The van der Waals surface area contributed by atoms with Gasteiger partial charge in [0.25, 0.3) is 0 Å². The summed E-state index contributed by atoms with van der Waals surface area (Å²) in [7, 11) is -2.34. The molecule has 0 bridgehead atoms. The lowest BCUT2D eigenvalue weighted by atomic mass is 10.1. The van der Waals surface area contributed by atoms with Gasteiger partial charge in [-0.2, -0.15) is 4.31 Å². The van der Waals surface area contributed by atoms with Gasteiger partial charge >= 0.3 is 0 Å². The van der Waals surface area contributed by atoms with Crippen LogP contribution in [-0.2, 0) is 10.0 Å². The number of Topliss-reactive ketones (excluding diaryl/α,β-unsaturated/α-hetero) is 1. The van der Waals surface area contributed by atoms with E-state index in [9.17, 15) is 13.2 Å². The van der Waals surface area contributed by atoms with E-state index in [1.807, 2.05) is 18.2 Å². The standard InChI is InChI=1S/C30H42N2O5S/c1-5-7-18-32(19-8-6-2)20-11-21-36-26-16-14-25(15-17-26)29(33)22-31(4)38(34,35)24(3)28-23-37-30-13-10-9-12-27(28)30/h9-10,12-17,23-24H,5-8,11,18-22H2,1-4H3. The second-order valence-electron chi connectivity index (χ2n) is 9.83. The van der Waals surface area contributed by atoms with Crippen LogP contribution in [0.3, 0.4) is 0 Å². The number of hydrogen-bond acceptors (Lipinski definition) is 6. The second-order valence-corrected chi connectivity index (χ2v) is 12.2. The van der Waals surface area contributed by atoms with Crippen molar-refractivity contribution in [3.05, 3.63) is 65.9 Å². The average Bonchev–Trinajstić information content (AvgIpc) is 3.36. The van der Waals surface area contributed by atoms with E-state index in [0.29, 0.717) is 29.1 Å². The Balaban J connectivity index is 1.51. The molecule has 0 aliphatic rings. The van der Waals surface area contributed by atoms with Crippen LogP contribution in [0, 0.1) is 0 Å². The number of sulfonamides is 1. The van der Waals surface area contributed by atoms with Crippen molar-refractivity contribution in [1.82, 2.24) is 9.21 Å². The van der Waals surface area contributed by atoms with Gasteiger partial charge in [-0.15, -0.1) is 0 Å². The van der Waals surface area contributed by atoms with E-state index in [1.54, 1.807) is 37.3 Å². The Bertz CT molecular complexity index is 1250. The van der Waals surface area contributed by atoms with Crippen LogP contribution in [0.25, 0.3) is 11.0 Å². The smallest absolute Gasteiger partial charge is 0.221 e. The number of furan rings is 1. The van der Waals surface area contributed by atoms with Gasteiger partial charge in [0.1, 0.15) is 16.6 Å². The van der Waals surface area contributed by atoms with Crippen molar-refractivity contribution in [3.63, 3.8) is 0 Å². The van der Waals surface area contributed by atoms with Crippen LogP contribution in [0.1, 0.15) is 74.0 Å². The monoisotopic (exact) mass is 542 g/mol. The summed E-state index contributed by atoms with van der Waals surface area (Å²) in [6.45, 7) is 9.71. The minimum atomic E-state index is -3.77. The fourth-order valence-corrected chi connectivity index (χ4v) is 5.78. The van der Waals surface area contributed by atoms with Crippen LogP contribution in [0.2, 0.25) is 0 Å². The van der Waals surface area contributed by atoms with Gasteiger partial charge in [0.2, 0.25) is 10.0 Å². The first kappa shape index (κ1) is 29.9. The molecule has 1 atom stereocenters. The lowest BCUT2D eigenvalue weighted by Gasteiger charge is -2.22. The second kappa shape index (κ2) is 14.5. The number of ether oxygens (including phenoxy) is 1. The molecule has 0 saturated carbocycles. The fourth-order valence-electron chi connectivity index (χ4n) is 4.44. The molecule has 38 heavy (non-hydrogen) atoms. The van der Waals surface area contributed by atoms with E-state index in [4.69, 9.17) is 9.15 Å². The summed E-state index contributed by atoms with van der Waals surface area (Å²) in [5.74, 6) is 0.436. The molecule has 0 spiro atoms. The van der Waals surface area contributed by atoms with Crippen molar-refractivity contribution < 1.29 is 22.4 Å². The Morgan fingerprint density at radius 1 is 0.947 bits per heavy atom. The lowest BCUT2D eigenvalue weighted by Crippen LogP contribution is -2.34. The predicted octanol–water partition coefficient (Wildman–Crippen LogP) is 6.31. The maximum atomic E-state index is 13.2. The van der Waals surface area contributed by atoms with Gasteiger partial charge in [0.05, 0.1) is 19.4 Å². The Kier molecular flexibility index (Phi) is 11.4.